The Bertz CT molecular complexity index is 129. The van der Waals surface area contributed by atoms with Crippen molar-refractivity contribution in [1.82, 2.24) is 5.32 Å². The van der Waals surface area contributed by atoms with Crippen LogP contribution in [0.2, 0.25) is 0 Å². The Morgan fingerprint density at radius 2 is 1.42 bits per heavy atom. The molecule has 74 valence electrons. The van der Waals surface area contributed by atoms with Gasteiger partial charge in [0.15, 0.2) is 0 Å². The molecule has 0 heterocycles. The maximum Gasteiger partial charge on any atom is 0.137 e. The highest BCUT2D eigenvalue weighted by molar-refractivity contribution is 4.99. The Balaban J connectivity index is 4.46. The van der Waals surface area contributed by atoms with Crippen molar-refractivity contribution in [2.45, 2.75) is 44.9 Å². The molecule has 0 saturated carbocycles. The third kappa shape index (κ3) is 2.17. The van der Waals surface area contributed by atoms with Crippen molar-refractivity contribution in [2.75, 3.05) is 6.54 Å². The number of hydrogen-bond acceptors (Lipinski definition) is 4. The topological polar surface area (TPSA) is 90.1 Å². The van der Waals surface area contributed by atoms with Crippen LogP contribution in [0.15, 0.2) is 0 Å². The third-order valence-corrected chi connectivity index (χ3v) is 2.55. The molecule has 0 aromatic rings. The Hall–Kier alpha value is -0.160. The minimum Gasteiger partial charge on any atom is -0.321 e. The summed E-state index contributed by atoms with van der Waals surface area (Å²) in [6.45, 7) is 6.68. The number of rotatable bonds is 5. The molecule has 0 spiro atoms. The van der Waals surface area contributed by atoms with E-state index in [1.54, 1.807) is 0 Å². The van der Waals surface area contributed by atoms with Gasteiger partial charge < -0.3 is 5.73 Å². The summed E-state index contributed by atoms with van der Waals surface area (Å²) in [5.41, 5.74) is 17.3. The molecule has 0 aromatic heterocycles. The van der Waals surface area contributed by atoms with Gasteiger partial charge in [-0.2, -0.15) is 0 Å². The highest BCUT2D eigenvalue weighted by Gasteiger charge is 2.39. The molecule has 0 atom stereocenters. The fraction of sp³-hybridized carbons (Fsp3) is 1.00. The van der Waals surface area contributed by atoms with Crippen LogP contribution in [0, 0.1) is 0 Å². The zero-order valence-electron chi connectivity index (χ0n) is 8.35. The quantitative estimate of drug-likeness (QED) is 0.430. The van der Waals surface area contributed by atoms with E-state index in [0.717, 1.165) is 19.4 Å². The maximum atomic E-state index is 6.05. The number of nitrogens with two attached hydrogens (primary N) is 3. The Morgan fingerprint density at radius 3 is 1.67 bits per heavy atom. The Kier molecular flexibility index (Phi) is 4.13. The summed E-state index contributed by atoms with van der Waals surface area (Å²) in [5, 5.41) is 2.99. The second kappa shape index (κ2) is 4.18. The summed E-state index contributed by atoms with van der Waals surface area (Å²) >= 11 is 0. The van der Waals surface area contributed by atoms with Crippen molar-refractivity contribution >= 4 is 0 Å². The highest BCUT2D eigenvalue weighted by Crippen LogP contribution is 2.18. The van der Waals surface area contributed by atoms with Gasteiger partial charge in [0.05, 0.1) is 5.54 Å². The van der Waals surface area contributed by atoms with Crippen LogP contribution in [0.4, 0.5) is 0 Å². The van der Waals surface area contributed by atoms with Gasteiger partial charge in [-0.15, -0.1) is 0 Å². The van der Waals surface area contributed by atoms with Crippen molar-refractivity contribution in [3.8, 4) is 0 Å². The largest absolute Gasteiger partial charge is 0.321 e. The molecule has 12 heavy (non-hydrogen) atoms. The molecule has 0 fully saturated rings. The summed E-state index contributed by atoms with van der Waals surface area (Å²) in [7, 11) is 0. The van der Waals surface area contributed by atoms with Crippen LogP contribution in [0.3, 0.4) is 0 Å². The van der Waals surface area contributed by atoms with E-state index in [2.05, 4.69) is 5.32 Å². The molecule has 0 rings (SSSR count). The van der Waals surface area contributed by atoms with Gasteiger partial charge >= 0.3 is 0 Å². The molecule has 0 aromatic carbocycles. The number of hydrogen-bond donors (Lipinski definition) is 4. The van der Waals surface area contributed by atoms with Crippen LogP contribution in [-0.4, -0.2) is 17.9 Å². The summed E-state index contributed by atoms with van der Waals surface area (Å²) in [4.78, 5) is 0. The predicted octanol–water partition coefficient (Wildman–Crippen LogP) is -0.315. The van der Waals surface area contributed by atoms with Crippen molar-refractivity contribution in [2.24, 2.45) is 17.2 Å². The normalized spacial score (nSPS) is 13.5. The number of likely N-dealkylation sites (N-methyl/N-ethyl adjacent to an activating group) is 1. The molecule has 0 unspecified atom stereocenters. The summed E-state index contributed by atoms with van der Waals surface area (Å²) < 4.78 is 0. The average molecular weight is 174 g/mol. The second-order valence-electron chi connectivity index (χ2n) is 3.26. The fourth-order valence-corrected chi connectivity index (χ4v) is 1.30. The summed E-state index contributed by atoms with van der Waals surface area (Å²) in [6, 6.07) is 0. The standard InChI is InChI=1S/C8H22N4/c1-4-7(9,5-2)8(10,11)12-6-3/h12H,4-6,9-11H2,1-3H3. The van der Waals surface area contributed by atoms with E-state index in [9.17, 15) is 0 Å². The van der Waals surface area contributed by atoms with Crippen molar-refractivity contribution in [3.63, 3.8) is 0 Å². The van der Waals surface area contributed by atoms with E-state index in [0.29, 0.717) is 0 Å². The molecule has 0 radical (unpaired) electrons. The van der Waals surface area contributed by atoms with Gasteiger partial charge in [-0.25, -0.2) is 0 Å². The van der Waals surface area contributed by atoms with Gasteiger partial charge in [-0.05, 0) is 19.4 Å². The fourth-order valence-electron chi connectivity index (χ4n) is 1.30. The van der Waals surface area contributed by atoms with Crippen molar-refractivity contribution in [3.05, 3.63) is 0 Å². The monoisotopic (exact) mass is 174 g/mol. The molecular formula is C8H22N4. The van der Waals surface area contributed by atoms with E-state index in [1.165, 1.54) is 0 Å². The lowest BCUT2D eigenvalue weighted by molar-refractivity contribution is 0.168. The third-order valence-electron chi connectivity index (χ3n) is 2.55. The lowest BCUT2D eigenvalue weighted by Gasteiger charge is -2.42. The lowest BCUT2D eigenvalue weighted by atomic mass is 9.86. The van der Waals surface area contributed by atoms with Crippen LogP contribution < -0.4 is 22.5 Å². The van der Waals surface area contributed by atoms with Gasteiger partial charge in [0.25, 0.3) is 0 Å². The van der Waals surface area contributed by atoms with E-state index >= 15 is 0 Å². The molecule has 0 amide bonds. The van der Waals surface area contributed by atoms with E-state index in [1.807, 2.05) is 20.8 Å². The molecular weight excluding hydrogens is 152 g/mol. The number of nitrogens with one attached hydrogen (secondary N) is 1. The molecule has 0 aliphatic heterocycles. The average Bonchev–Trinajstić information content (AvgIpc) is 2.02. The highest BCUT2D eigenvalue weighted by atomic mass is 15.3. The molecule has 7 N–H and O–H groups in total. The SMILES string of the molecule is CCNC(N)(N)C(N)(CC)CC. The Morgan fingerprint density at radius 1 is 1.00 bits per heavy atom. The first-order valence-electron chi connectivity index (χ1n) is 4.55. The molecule has 0 bridgehead atoms. The zero-order chi connectivity index (χ0) is 9.83. The first-order valence-corrected chi connectivity index (χ1v) is 4.55. The predicted molar refractivity (Wildman–Crippen MR) is 52.3 cm³/mol. The molecule has 0 aliphatic rings. The van der Waals surface area contributed by atoms with E-state index in [4.69, 9.17) is 17.2 Å². The molecule has 4 heteroatoms. The van der Waals surface area contributed by atoms with Crippen molar-refractivity contribution in [1.29, 1.82) is 0 Å². The van der Waals surface area contributed by atoms with E-state index in [-0.39, 0.29) is 0 Å². The van der Waals surface area contributed by atoms with E-state index < -0.39 is 11.3 Å². The van der Waals surface area contributed by atoms with Gasteiger partial charge in [-0.1, -0.05) is 20.8 Å². The smallest absolute Gasteiger partial charge is 0.137 e. The lowest BCUT2D eigenvalue weighted by Crippen LogP contribution is -2.77. The van der Waals surface area contributed by atoms with Gasteiger partial charge in [-0.3, -0.25) is 16.8 Å². The molecule has 0 saturated heterocycles. The Labute approximate surface area is 74.9 Å². The second-order valence-corrected chi connectivity index (χ2v) is 3.26. The summed E-state index contributed by atoms with van der Waals surface area (Å²) in [6.07, 6.45) is 1.53. The molecule has 4 nitrogen and oxygen atoms in total. The van der Waals surface area contributed by atoms with Crippen LogP contribution in [0.1, 0.15) is 33.6 Å². The van der Waals surface area contributed by atoms with Crippen LogP contribution in [0.5, 0.6) is 0 Å². The maximum absolute atomic E-state index is 6.05. The minimum absolute atomic E-state index is 0.525. The van der Waals surface area contributed by atoms with Gasteiger partial charge in [0, 0.05) is 0 Å². The van der Waals surface area contributed by atoms with Crippen molar-refractivity contribution < 1.29 is 0 Å². The van der Waals surface area contributed by atoms with Crippen LogP contribution >= 0.6 is 0 Å². The van der Waals surface area contributed by atoms with Gasteiger partial charge in [0.2, 0.25) is 0 Å². The zero-order valence-corrected chi connectivity index (χ0v) is 8.35. The summed E-state index contributed by atoms with van der Waals surface area (Å²) in [5.74, 6) is -0.967. The minimum atomic E-state index is -0.967. The first kappa shape index (κ1) is 11.8. The van der Waals surface area contributed by atoms with Gasteiger partial charge in [0.1, 0.15) is 5.79 Å². The molecule has 0 aliphatic carbocycles. The van der Waals surface area contributed by atoms with Crippen LogP contribution in [0.25, 0.3) is 0 Å². The first-order chi connectivity index (χ1) is 5.43. The van der Waals surface area contributed by atoms with Crippen LogP contribution in [-0.2, 0) is 0 Å².